The number of nitrogens with zero attached hydrogens (tertiary/aromatic N) is 1. The molecule has 0 bridgehead atoms. The van der Waals surface area contributed by atoms with Gasteiger partial charge in [-0.25, -0.2) is 0 Å². The molecule has 0 saturated heterocycles. The normalized spacial score (nSPS) is 10.8. The van der Waals surface area contributed by atoms with E-state index in [2.05, 4.69) is 11.9 Å². The van der Waals surface area contributed by atoms with Crippen LogP contribution in [0.4, 0.5) is 0 Å². The summed E-state index contributed by atoms with van der Waals surface area (Å²) in [7, 11) is 2.09. The summed E-state index contributed by atoms with van der Waals surface area (Å²) >= 11 is 4.82. The predicted molar refractivity (Wildman–Crippen MR) is 65.7 cm³/mol. The van der Waals surface area contributed by atoms with Crippen LogP contribution in [0.1, 0.15) is 25.0 Å². The number of hydrogen-bond donors (Lipinski definition) is 1. The number of furan rings is 1. The third-order valence-corrected chi connectivity index (χ3v) is 2.42. The largest absolute Gasteiger partial charge is 0.468 e. The molecule has 0 unspecified atom stereocenters. The first-order valence-electron chi connectivity index (χ1n) is 5.17. The molecule has 4 heteroatoms. The van der Waals surface area contributed by atoms with Gasteiger partial charge in [-0.3, -0.25) is 4.90 Å². The van der Waals surface area contributed by atoms with E-state index in [0.717, 1.165) is 38.1 Å². The summed E-state index contributed by atoms with van der Waals surface area (Å²) in [5.74, 6) is 1.01. The van der Waals surface area contributed by atoms with Crippen LogP contribution in [-0.4, -0.2) is 23.5 Å². The van der Waals surface area contributed by atoms with Gasteiger partial charge in [0.05, 0.1) is 17.8 Å². The summed E-state index contributed by atoms with van der Waals surface area (Å²) in [4.78, 5) is 2.85. The zero-order chi connectivity index (χ0) is 11.1. The van der Waals surface area contributed by atoms with Crippen LogP contribution in [-0.2, 0) is 6.54 Å². The second kappa shape index (κ2) is 6.58. The topological polar surface area (TPSA) is 42.4 Å². The van der Waals surface area contributed by atoms with Crippen molar-refractivity contribution in [1.82, 2.24) is 4.90 Å². The lowest BCUT2D eigenvalue weighted by molar-refractivity contribution is 0.290. The Hall–Kier alpha value is -0.870. The minimum Gasteiger partial charge on any atom is -0.468 e. The van der Waals surface area contributed by atoms with E-state index in [1.54, 1.807) is 6.26 Å². The number of rotatable bonds is 7. The van der Waals surface area contributed by atoms with Crippen LogP contribution < -0.4 is 5.73 Å². The van der Waals surface area contributed by atoms with Crippen molar-refractivity contribution >= 4 is 17.2 Å². The standard InChI is InChI=1S/C11H18N2OS/c1-13(7-3-2-6-11(12)15)9-10-5-4-8-14-10/h4-5,8H,2-3,6-7,9H2,1H3,(H2,12,15). The van der Waals surface area contributed by atoms with Gasteiger partial charge < -0.3 is 10.2 Å². The second-order valence-electron chi connectivity index (χ2n) is 3.74. The summed E-state index contributed by atoms with van der Waals surface area (Å²) in [6.45, 7) is 1.91. The van der Waals surface area contributed by atoms with Crippen LogP contribution >= 0.6 is 12.2 Å². The molecule has 84 valence electrons. The Balaban J connectivity index is 2.08. The van der Waals surface area contributed by atoms with Gasteiger partial charge in [0.2, 0.25) is 0 Å². The number of thiocarbonyl (C=S) groups is 1. The Labute approximate surface area is 96.2 Å². The number of nitrogens with two attached hydrogens (primary N) is 1. The fourth-order valence-electron chi connectivity index (χ4n) is 1.43. The van der Waals surface area contributed by atoms with E-state index in [1.807, 2.05) is 12.1 Å². The summed E-state index contributed by atoms with van der Waals surface area (Å²) in [6, 6.07) is 3.90. The van der Waals surface area contributed by atoms with E-state index in [4.69, 9.17) is 22.4 Å². The lowest BCUT2D eigenvalue weighted by Gasteiger charge is -2.14. The molecule has 0 atom stereocenters. The lowest BCUT2D eigenvalue weighted by atomic mass is 10.2. The first-order chi connectivity index (χ1) is 7.18. The van der Waals surface area contributed by atoms with Crippen LogP contribution in [0.5, 0.6) is 0 Å². The molecule has 1 rings (SSSR count). The van der Waals surface area contributed by atoms with E-state index in [1.165, 1.54) is 0 Å². The van der Waals surface area contributed by atoms with Crippen LogP contribution in [0, 0.1) is 0 Å². The average molecular weight is 226 g/mol. The van der Waals surface area contributed by atoms with Crippen LogP contribution in [0.3, 0.4) is 0 Å². The Morgan fingerprint density at radius 1 is 1.53 bits per heavy atom. The molecule has 0 aliphatic heterocycles. The zero-order valence-corrected chi connectivity index (χ0v) is 9.93. The molecule has 0 aliphatic rings. The van der Waals surface area contributed by atoms with Crippen molar-refractivity contribution in [1.29, 1.82) is 0 Å². The van der Waals surface area contributed by atoms with Gasteiger partial charge in [0.25, 0.3) is 0 Å². The minimum atomic E-state index is 0.615. The Kier molecular flexibility index (Phi) is 5.36. The predicted octanol–water partition coefficient (Wildman–Crippen LogP) is 2.17. The molecule has 0 aliphatic carbocycles. The molecule has 0 spiro atoms. The molecule has 0 amide bonds. The highest BCUT2D eigenvalue weighted by atomic mass is 32.1. The first-order valence-corrected chi connectivity index (χ1v) is 5.58. The monoisotopic (exact) mass is 226 g/mol. The van der Waals surface area contributed by atoms with Gasteiger partial charge >= 0.3 is 0 Å². The van der Waals surface area contributed by atoms with Crippen LogP contribution in [0.25, 0.3) is 0 Å². The van der Waals surface area contributed by atoms with E-state index in [-0.39, 0.29) is 0 Å². The van der Waals surface area contributed by atoms with Gasteiger partial charge in [0, 0.05) is 0 Å². The van der Waals surface area contributed by atoms with Crippen molar-refractivity contribution in [2.45, 2.75) is 25.8 Å². The smallest absolute Gasteiger partial charge is 0.117 e. The molecule has 0 fully saturated rings. The molecular weight excluding hydrogens is 208 g/mol. The van der Waals surface area contributed by atoms with Crippen molar-refractivity contribution in [3.63, 3.8) is 0 Å². The number of hydrogen-bond acceptors (Lipinski definition) is 3. The molecule has 15 heavy (non-hydrogen) atoms. The molecular formula is C11H18N2OS. The average Bonchev–Trinajstić information content (AvgIpc) is 2.64. The summed E-state index contributed by atoms with van der Waals surface area (Å²) in [5.41, 5.74) is 5.42. The van der Waals surface area contributed by atoms with Gasteiger partial charge in [-0.1, -0.05) is 12.2 Å². The minimum absolute atomic E-state index is 0.615. The van der Waals surface area contributed by atoms with Crippen molar-refractivity contribution in [2.24, 2.45) is 5.73 Å². The van der Waals surface area contributed by atoms with Crippen LogP contribution in [0.2, 0.25) is 0 Å². The quantitative estimate of drug-likeness (QED) is 0.571. The number of unbranched alkanes of at least 4 members (excludes halogenated alkanes) is 1. The molecule has 1 aromatic rings. The molecule has 1 heterocycles. The van der Waals surface area contributed by atoms with Crippen molar-refractivity contribution in [3.05, 3.63) is 24.2 Å². The van der Waals surface area contributed by atoms with Crippen molar-refractivity contribution in [2.75, 3.05) is 13.6 Å². The lowest BCUT2D eigenvalue weighted by Crippen LogP contribution is -2.19. The van der Waals surface area contributed by atoms with Crippen LogP contribution in [0.15, 0.2) is 22.8 Å². The van der Waals surface area contributed by atoms with E-state index in [0.29, 0.717) is 4.99 Å². The molecule has 1 aromatic heterocycles. The SMILES string of the molecule is CN(CCCCC(N)=S)Cc1ccco1. The molecule has 3 nitrogen and oxygen atoms in total. The third-order valence-electron chi connectivity index (χ3n) is 2.22. The van der Waals surface area contributed by atoms with E-state index >= 15 is 0 Å². The molecule has 0 radical (unpaired) electrons. The van der Waals surface area contributed by atoms with E-state index < -0.39 is 0 Å². The Morgan fingerprint density at radius 2 is 2.33 bits per heavy atom. The maximum absolute atomic E-state index is 5.42. The van der Waals surface area contributed by atoms with Gasteiger partial charge in [0.1, 0.15) is 5.76 Å². The second-order valence-corrected chi connectivity index (χ2v) is 4.26. The third kappa shape index (κ3) is 5.54. The highest BCUT2D eigenvalue weighted by molar-refractivity contribution is 7.80. The van der Waals surface area contributed by atoms with Gasteiger partial charge in [-0.2, -0.15) is 0 Å². The van der Waals surface area contributed by atoms with Crippen molar-refractivity contribution < 1.29 is 4.42 Å². The summed E-state index contributed by atoms with van der Waals surface area (Å²) in [5, 5.41) is 0. The molecule has 2 N–H and O–H groups in total. The summed E-state index contributed by atoms with van der Waals surface area (Å²) in [6.07, 6.45) is 4.74. The maximum Gasteiger partial charge on any atom is 0.117 e. The van der Waals surface area contributed by atoms with Crippen molar-refractivity contribution in [3.8, 4) is 0 Å². The maximum atomic E-state index is 5.42. The summed E-state index contributed by atoms with van der Waals surface area (Å²) < 4.78 is 5.27. The fourth-order valence-corrected chi connectivity index (χ4v) is 1.57. The van der Waals surface area contributed by atoms with Gasteiger partial charge in [-0.15, -0.1) is 0 Å². The fraction of sp³-hybridized carbons (Fsp3) is 0.545. The van der Waals surface area contributed by atoms with Gasteiger partial charge in [-0.05, 0) is 45.0 Å². The van der Waals surface area contributed by atoms with E-state index in [9.17, 15) is 0 Å². The Bertz CT molecular complexity index is 285. The van der Waals surface area contributed by atoms with Gasteiger partial charge in [0.15, 0.2) is 0 Å². The first kappa shape index (κ1) is 12.2. The Morgan fingerprint density at radius 3 is 2.93 bits per heavy atom. The molecule has 0 saturated carbocycles. The highest BCUT2D eigenvalue weighted by Crippen LogP contribution is 2.05. The zero-order valence-electron chi connectivity index (χ0n) is 9.11. The molecule has 0 aromatic carbocycles. The highest BCUT2D eigenvalue weighted by Gasteiger charge is 2.01.